The van der Waals surface area contributed by atoms with Gasteiger partial charge in [0.1, 0.15) is 36.6 Å². The Hall–Kier alpha value is -3.59. The summed E-state index contributed by atoms with van der Waals surface area (Å²) in [7, 11) is -2.39. The van der Waals surface area contributed by atoms with Gasteiger partial charge in [0.25, 0.3) is 0 Å². The largest absolute Gasteiger partial charge is 0.509 e. The molecule has 5 aliphatic rings. The monoisotopic (exact) mass is 834 g/mol. The maximum absolute atomic E-state index is 14.6. The lowest BCUT2D eigenvalue weighted by molar-refractivity contribution is -0.361. The van der Waals surface area contributed by atoms with E-state index in [2.05, 4.69) is 27.7 Å². The molecule has 0 amide bonds. The van der Waals surface area contributed by atoms with E-state index < -0.39 is 96.8 Å². The first-order chi connectivity index (χ1) is 27.8. The molecule has 59 heavy (non-hydrogen) atoms. The molecule has 4 fully saturated rings. The first kappa shape index (κ1) is 43.5. The molecule has 2 heterocycles. The third kappa shape index (κ3) is 7.17. The van der Waals surface area contributed by atoms with Crippen LogP contribution in [-0.4, -0.2) is 91.7 Å². The molecule has 3 aliphatic carbocycles. The average molecular weight is 835 g/mol. The Balaban J connectivity index is 1.47. The van der Waals surface area contributed by atoms with Crippen LogP contribution in [0.1, 0.15) is 98.0 Å². The second kappa shape index (κ2) is 15.7. The number of benzene rings is 2. The van der Waals surface area contributed by atoms with Gasteiger partial charge < -0.3 is 42.7 Å². The van der Waals surface area contributed by atoms with E-state index in [4.69, 9.17) is 37.6 Å². The van der Waals surface area contributed by atoms with Gasteiger partial charge >= 0.3 is 18.1 Å². The zero-order valence-corrected chi connectivity index (χ0v) is 37.2. The molecule has 7 rings (SSSR count). The van der Waals surface area contributed by atoms with Crippen LogP contribution in [0.5, 0.6) is 0 Å². The van der Waals surface area contributed by atoms with E-state index in [0.29, 0.717) is 17.6 Å². The van der Waals surface area contributed by atoms with E-state index in [1.807, 2.05) is 65.0 Å². The number of rotatable bonds is 11. The quantitative estimate of drug-likeness (QED) is 0.101. The van der Waals surface area contributed by atoms with Crippen LogP contribution in [0, 0.1) is 16.7 Å². The van der Waals surface area contributed by atoms with E-state index in [-0.39, 0.29) is 25.2 Å². The number of carbonyl (C=O) groups is 3. The molecule has 2 aromatic carbocycles. The van der Waals surface area contributed by atoms with Gasteiger partial charge in [-0.3, -0.25) is 4.79 Å². The molecule has 0 aromatic heterocycles. The van der Waals surface area contributed by atoms with Crippen molar-refractivity contribution in [2.24, 2.45) is 16.7 Å². The molecular formula is C46H62O12Si. The first-order valence-electron chi connectivity index (χ1n) is 21.2. The molecule has 0 spiro atoms. The molecule has 322 valence electrons. The number of aliphatic hydroxyl groups is 1. The van der Waals surface area contributed by atoms with E-state index in [1.54, 1.807) is 30.3 Å². The molecule has 2 bridgehead atoms. The summed E-state index contributed by atoms with van der Waals surface area (Å²) >= 11 is 0. The van der Waals surface area contributed by atoms with E-state index in [0.717, 1.165) is 23.7 Å². The van der Waals surface area contributed by atoms with Crippen LogP contribution < -0.4 is 0 Å². The zero-order valence-electron chi connectivity index (χ0n) is 36.2. The Morgan fingerprint density at radius 3 is 2.08 bits per heavy atom. The lowest BCUT2D eigenvalue weighted by Crippen LogP contribution is -2.82. The number of hydrogen-bond donors (Lipinski definition) is 1. The number of esters is 2. The maximum Gasteiger partial charge on any atom is 0.509 e. The molecule has 0 radical (unpaired) electrons. The third-order valence-corrected chi connectivity index (χ3v) is 19.3. The summed E-state index contributed by atoms with van der Waals surface area (Å²) in [5, 5.41) is 14.0. The minimum atomic E-state index is -2.39. The molecule has 2 aliphatic heterocycles. The van der Waals surface area contributed by atoms with Gasteiger partial charge in [-0.15, -0.1) is 0 Å². The van der Waals surface area contributed by atoms with Crippen LogP contribution in [0.4, 0.5) is 4.79 Å². The van der Waals surface area contributed by atoms with Gasteiger partial charge in [0.15, 0.2) is 19.7 Å². The lowest BCUT2D eigenvalue weighted by atomic mass is 9.44. The van der Waals surface area contributed by atoms with Crippen molar-refractivity contribution in [3.05, 3.63) is 82.9 Å². The fourth-order valence-electron chi connectivity index (χ4n) is 11.2. The summed E-state index contributed by atoms with van der Waals surface area (Å²) in [5.41, 5.74) is -3.29. The lowest BCUT2D eigenvalue weighted by Gasteiger charge is -2.69. The molecule has 2 aromatic rings. The van der Waals surface area contributed by atoms with Crippen molar-refractivity contribution in [1.29, 1.82) is 0 Å². The smallest absolute Gasteiger partial charge is 0.455 e. The Bertz CT molecular complexity index is 1920. The van der Waals surface area contributed by atoms with Gasteiger partial charge in [-0.2, -0.15) is 0 Å². The van der Waals surface area contributed by atoms with Crippen LogP contribution in [0.25, 0.3) is 0 Å². The standard InChI is InChI=1S/C46H62O12Si/c1-11-59(12-2,13-3)58-33-24-34-45(27-52-34,55-29(5)47)37-39(54-40(48)31-22-18-15-19-23-31)46(50)25-32(53-41(49)51-26-30-20-16-14-17-21-30)28(4)35(42(46,6)7)36-38(44(33,37)10)57-43(8,9)56-36/h14-23,32-34,36-39,50H,11-13,24-27H2,1-10H3/t32?,33?,34?,36?,37?,38?,39?,44-,45?,46?/m1/s1. The van der Waals surface area contributed by atoms with Crippen molar-refractivity contribution in [3.8, 4) is 0 Å². The van der Waals surface area contributed by atoms with Gasteiger partial charge in [0.05, 0.1) is 30.3 Å². The summed E-state index contributed by atoms with van der Waals surface area (Å²) in [6.07, 6.45) is -5.93. The Labute approximate surface area is 349 Å². The number of fused-ring (bicyclic) bond motifs is 8. The Morgan fingerprint density at radius 1 is 0.881 bits per heavy atom. The summed E-state index contributed by atoms with van der Waals surface area (Å²) in [6.45, 7) is 19.3. The van der Waals surface area contributed by atoms with Gasteiger partial charge in [0, 0.05) is 30.6 Å². The van der Waals surface area contributed by atoms with Gasteiger partial charge in [-0.25, -0.2) is 9.59 Å². The molecular weight excluding hydrogens is 773 g/mol. The fraction of sp³-hybridized carbons (Fsp3) is 0.630. The van der Waals surface area contributed by atoms with E-state index >= 15 is 0 Å². The summed E-state index contributed by atoms with van der Waals surface area (Å²) in [6, 6.07) is 20.5. The second-order valence-electron chi connectivity index (χ2n) is 18.4. The van der Waals surface area contributed by atoms with E-state index in [1.165, 1.54) is 6.92 Å². The van der Waals surface area contributed by atoms with Gasteiger partial charge in [-0.1, -0.05) is 90.1 Å². The van der Waals surface area contributed by atoms with Gasteiger partial charge in [0.2, 0.25) is 0 Å². The highest BCUT2D eigenvalue weighted by molar-refractivity contribution is 6.73. The van der Waals surface area contributed by atoms with Crippen molar-refractivity contribution >= 4 is 26.4 Å². The van der Waals surface area contributed by atoms with Crippen LogP contribution in [0.15, 0.2) is 71.8 Å². The molecule has 9 unspecified atom stereocenters. The highest BCUT2D eigenvalue weighted by atomic mass is 28.4. The van der Waals surface area contributed by atoms with Gasteiger partial charge in [-0.05, 0) is 67.7 Å². The predicted octanol–water partition coefficient (Wildman–Crippen LogP) is 8.06. The predicted molar refractivity (Wildman–Crippen MR) is 220 cm³/mol. The van der Waals surface area contributed by atoms with Crippen LogP contribution in [-0.2, 0) is 49.0 Å². The highest BCUT2D eigenvalue weighted by Crippen LogP contribution is 2.68. The highest BCUT2D eigenvalue weighted by Gasteiger charge is 2.80. The molecule has 13 heteroatoms. The number of hydrogen-bond acceptors (Lipinski definition) is 12. The van der Waals surface area contributed by atoms with E-state index in [9.17, 15) is 19.5 Å². The maximum atomic E-state index is 14.6. The summed E-state index contributed by atoms with van der Waals surface area (Å²) in [4.78, 5) is 41.5. The van der Waals surface area contributed by atoms with Crippen LogP contribution in [0.2, 0.25) is 18.1 Å². The average Bonchev–Trinajstić information content (AvgIpc) is 3.52. The van der Waals surface area contributed by atoms with Crippen molar-refractivity contribution in [1.82, 2.24) is 0 Å². The zero-order chi connectivity index (χ0) is 42.8. The van der Waals surface area contributed by atoms with Crippen molar-refractivity contribution in [2.45, 2.75) is 160 Å². The summed E-state index contributed by atoms with van der Waals surface area (Å²) in [5.74, 6) is -3.31. The van der Waals surface area contributed by atoms with Crippen molar-refractivity contribution in [3.63, 3.8) is 0 Å². The number of ether oxygens (including phenoxy) is 7. The first-order valence-corrected chi connectivity index (χ1v) is 23.8. The molecule has 10 atom stereocenters. The van der Waals surface area contributed by atoms with Crippen molar-refractivity contribution in [2.75, 3.05) is 6.61 Å². The third-order valence-electron chi connectivity index (χ3n) is 14.6. The normalized spacial score (nSPS) is 35.4. The van der Waals surface area contributed by atoms with Crippen molar-refractivity contribution < 1.29 is 57.1 Å². The summed E-state index contributed by atoms with van der Waals surface area (Å²) < 4.78 is 53.1. The molecule has 2 saturated heterocycles. The molecule has 2 saturated carbocycles. The number of carbonyl (C=O) groups excluding carboxylic acids is 3. The van der Waals surface area contributed by atoms with Crippen LogP contribution in [0.3, 0.4) is 0 Å². The minimum Gasteiger partial charge on any atom is -0.455 e. The fourth-order valence-corrected chi connectivity index (χ4v) is 14.2. The minimum absolute atomic E-state index is 0.00682. The van der Waals surface area contributed by atoms with Crippen LogP contribution >= 0.6 is 0 Å². The topological polar surface area (TPSA) is 145 Å². The second-order valence-corrected chi connectivity index (χ2v) is 23.2. The molecule has 12 nitrogen and oxygen atoms in total. The molecule has 1 N–H and O–H groups in total. The SMILES string of the molecule is CC[Si](CC)(CC)OC1CC2OCC2(OC(C)=O)C2C(OC(=O)c3ccccc3)C3(O)CC(OC(=O)OCc4ccccc4)C(C)=C(C4OC(C)(C)OC4[C@]12C)C3(C)C. The Kier molecular flexibility index (Phi) is 11.6. The Morgan fingerprint density at radius 2 is 1.51 bits per heavy atom.